The van der Waals surface area contributed by atoms with Crippen molar-refractivity contribution in [3.63, 3.8) is 0 Å². The smallest absolute Gasteiger partial charge is 0.225 e. The van der Waals surface area contributed by atoms with Gasteiger partial charge in [-0.25, -0.2) is 9.97 Å². The van der Waals surface area contributed by atoms with Crippen LogP contribution in [0.4, 0.5) is 5.95 Å². The van der Waals surface area contributed by atoms with Crippen LogP contribution in [0.3, 0.4) is 0 Å². The van der Waals surface area contributed by atoms with Gasteiger partial charge in [-0.1, -0.05) is 20.8 Å². The number of rotatable bonds is 6. The van der Waals surface area contributed by atoms with E-state index in [1.807, 2.05) is 11.0 Å². The van der Waals surface area contributed by atoms with E-state index in [4.69, 9.17) is 4.74 Å². The molecule has 2 aliphatic rings. The van der Waals surface area contributed by atoms with Crippen molar-refractivity contribution in [2.45, 2.75) is 46.1 Å². The van der Waals surface area contributed by atoms with Crippen LogP contribution in [0.1, 0.15) is 40.0 Å². The summed E-state index contributed by atoms with van der Waals surface area (Å²) in [4.78, 5) is 29.6. The normalized spacial score (nSPS) is 21.9. The van der Waals surface area contributed by atoms with Crippen LogP contribution < -0.4 is 15.5 Å². The molecule has 0 aliphatic carbocycles. The van der Waals surface area contributed by atoms with Gasteiger partial charge in [-0.2, -0.15) is 0 Å². The molecule has 33 heavy (non-hydrogen) atoms. The molecule has 10 heteroatoms. The zero-order valence-corrected chi connectivity index (χ0v) is 22.7. The number of halogens is 1. The first-order valence-electron chi connectivity index (χ1n) is 11.7. The van der Waals surface area contributed by atoms with Crippen molar-refractivity contribution in [1.82, 2.24) is 25.5 Å². The van der Waals surface area contributed by atoms with E-state index in [0.717, 1.165) is 51.0 Å². The zero-order chi connectivity index (χ0) is 23.0. The fourth-order valence-electron chi connectivity index (χ4n) is 4.51. The molecule has 9 nitrogen and oxygen atoms in total. The average molecular weight is 574 g/mol. The first kappa shape index (κ1) is 27.6. The third-order valence-corrected chi connectivity index (χ3v) is 6.15. The first-order chi connectivity index (χ1) is 15.4. The Hall–Kier alpha value is -1.69. The SMILES string of the molecule is CN=C(NCCC(=O)N1CCN(c2ncccn2)CC1)NCC1CCCOC1C(C)(C)C.I. The molecule has 1 aromatic heterocycles. The van der Waals surface area contributed by atoms with Crippen molar-refractivity contribution in [2.75, 3.05) is 57.8 Å². The molecule has 2 N–H and O–H groups in total. The molecule has 0 radical (unpaired) electrons. The minimum absolute atomic E-state index is 0. The van der Waals surface area contributed by atoms with Crippen LogP contribution in [-0.4, -0.2) is 85.8 Å². The van der Waals surface area contributed by atoms with Crippen LogP contribution in [0, 0.1) is 11.3 Å². The first-order valence-corrected chi connectivity index (χ1v) is 11.7. The van der Waals surface area contributed by atoms with Crippen molar-refractivity contribution < 1.29 is 9.53 Å². The van der Waals surface area contributed by atoms with Crippen LogP contribution in [0.25, 0.3) is 0 Å². The number of aromatic nitrogens is 2. The second kappa shape index (κ2) is 13.3. The number of aliphatic imine (C=N–C) groups is 1. The molecular formula is C23H40IN7O2. The van der Waals surface area contributed by atoms with Gasteiger partial charge in [0.15, 0.2) is 5.96 Å². The number of nitrogens with one attached hydrogen (secondary N) is 2. The molecule has 0 saturated carbocycles. The minimum atomic E-state index is 0. The number of hydrogen-bond acceptors (Lipinski definition) is 6. The predicted molar refractivity (Wildman–Crippen MR) is 142 cm³/mol. The molecule has 3 rings (SSSR count). The Morgan fingerprint density at radius 1 is 1.18 bits per heavy atom. The Morgan fingerprint density at radius 2 is 1.88 bits per heavy atom. The Bertz CT molecular complexity index is 749. The maximum absolute atomic E-state index is 12.6. The second-order valence-electron chi connectivity index (χ2n) is 9.61. The van der Waals surface area contributed by atoms with Gasteiger partial charge < -0.3 is 25.2 Å². The quantitative estimate of drug-likeness (QED) is 0.306. The van der Waals surface area contributed by atoms with E-state index in [2.05, 4.69) is 51.3 Å². The van der Waals surface area contributed by atoms with Gasteiger partial charge in [0.2, 0.25) is 11.9 Å². The third kappa shape index (κ3) is 8.24. The number of hydrogen-bond donors (Lipinski definition) is 2. The number of piperazine rings is 1. The second-order valence-corrected chi connectivity index (χ2v) is 9.61. The summed E-state index contributed by atoms with van der Waals surface area (Å²) in [5.74, 6) is 2.08. The molecule has 2 atom stereocenters. The molecule has 1 amide bonds. The lowest BCUT2D eigenvalue weighted by Gasteiger charge is -2.40. The van der Waals surface area contributed by atoms with E-state index in [0.29, 0.717) is 32.0 Å². The summed E-state index contributed by atoms with van der Waals surface area (Å²) >= 11 is 0. The summed E-state index contributed by atoms with van der Waals surface area (Å²) < 4.78 is 6.07. The molecular weight excluding hydrogens is 533 g/mol. The lowest BCUT2D eigenvalue weighted by molar-refractivity contribution is -0.131. The van der Waals surface area contributed by atoms with Gasteiger partial charge >= 0.3 is 0 Å². The van der Waals surface area contributed by atoms with Crippen molar-refractivity contribution in [3.8, 4) is 0 Å². The standard InChI is InChI=1S/C23H39N7O2.HI/c1-23(2,3)20-18(7-5-16-32-20)17-28-21(24-4)25-11-8-19(31)29-12-14-30(15-13-29)22-26-9-6-10-27-22;/h6,9-10,18,20H,5,7-8,11-17H2,1-4H3,(H2,24,25,28);1H. The van der Waals surface area contributed by atoms with Crippen molar-refractivity contribution >= 4 is 41.8 Å². The molecule has 2 unspecified atom stereocenters. The Balaban J connectivity index is 0.00000385. The summed E-state index contributed by atoms with van der Waals surface area (Å²) in [6.45, 7) is 11.8. The van der Waals surface area contributed by atoms with Crippen molar-refractivity contribution in [2.24, 2.45) is 16.3 Å². The molecule has 2 saturated heterocycles. The highest BCUT2D eigenvalue weighted by molar-refractivity contribution is 14.0. The Kier molecular flexibility index (Phi) is 11.1. The van der Waals surface area contributed by atoms with E-state index < -0.39 is 0 Å². The molecule has 0 bridgehead atoms. The van der Waals surface area contributed by atoms with Gasteiger partial charge in [0.25, 0.3) is 0 Å². The fourth-order valence-corrected chi connectivity index (χ4v) is 4.51. The number of carbonyl (C=O) groups is 1. The lowest BCUT2D eigenvalue weighted by atomic mass is 9.78. The highest BCUT2D eigenvalue weighted by Gasteiger charge is 2.35. The average Bonchev–Trinajstić information content (AvgIpc) is 2.81. The van der Waals surface area contributed by atoms with Crippen LogP contribution >= 0.6 is 24.0 Å². The highest BCUT2D eigenvalue weighted by atomic mass is 127. The fraction of sp³-hybridized carbons (Fsp3) is 0.739. The summed E-state index contributed by atoms with van der Waals surface area (Å²) in [6.07, 6.45) is 6.43. The third-order valence-electron chi connectivity index (χ3n) is 6.15. The zero-order valence-electron chi connectivity index (χ0n) is 20.4. The van der Waals surface area contributed by atoms with E-state index in [9.17, 15) is 4.79 Å². The van der Waals surface area contributed by atoms with Crippen LogP contribution in [0.2, 0.25) is 0 Å². The number of anilines is 1. The van der Waals surface area contributed by atoms with Gasteiger partial charge in [-0.15, -0.1) is 24.0 Å². The summed E-state index contributed by atoms with van der Waals surface area (Å²) in [7, 11) is 1.76. The van der Waals surface area contributed by atoms with Gasteiger partial charge in [0.05, 0.1) is 6.10 Å². The van der Waals surface area contributed by atoms with Gasteiger partial charge in [-0.3, -0.25) is 9.79 Å². The van der Waals surface area contributed by atoms with E-state index in [1.165, 1.54) is 0 Å². The van der Waals surface area contributed by atoms with Crippen LogP contribution in [0.5, 0.6) is 0 Å². The maximum atomic E-state index is 12.6. The molecule has 1 aromatic rings. The number of amides is 1. The maximum Gasteiger partial charge on any atom is 0.225 e. The Morgan fingerprint density at radius 3 is 2.52 bits per heavy atom. The summed E-state index contributed by atoms with van der Waals surface area (Å²) in [5, 5.41) is 6.72. The molecule has 3 heterocycles. The highest BCUT2D eigenvalue weighted by Crippen LogP contribution is 2.33. The molecule has 0 spiro atoms. The van der Waals surface area contributed by atoms with E-state index in [1.54, 1.807) is 19.4 Å². The monoisotopic (exact) mass is 573 g/mol. The lowest BCUT2D eigenvalue weighted by Crippen LogP contribution is -2.50. The van der Waals surface area contributed by atoms with Gasteiger partial charge in [0.1, 0.15) is 0 Å². The molecule has 0 aromatic carbocycles. The number of guanidine groups is 1. The minimum Gasteiger partial charge on any atom is -0.377 e. The van der Waals surface area contributed by atoms with Crippen molar-refractivity contribution in [3.05, 3.63) is 18.5 Å². The van der Waals surface area contributed by atoms with Gasteiger partial charge in [0, 0.05) is 77.7 Å². The molecule has 2 fully saturated rings. The topological polar surface area (TPSA) is 95.0 Å². The summed E-state index contributed by atoms with van der Waals surface area (Å²) in [6, 6.07) is 1.81. The van der Waals surface area contributed by atoms with Crippen LogP contribution in [-0.2, 0) is 9.53 Å². The largest absolute Gasteiger partial charge is 0.377 e. The Labute approximate surface area is 215 Å². The number of carbonyl (C=O) groups excluding carboxylic acids is 1. The van der Waals surface area contributed by atoms with Gasteiger partial charge in [-0.05, 0) is 24.3 Å². The molecule has 2 aliphatic heterocycles. The number of ether oxygens (including phenoxy) is 1. The van der Waals surface area contributed by atoms with E-state index >= 15 is 0 Å². The van der Waals surface area contributed by atoms with Crippen LogP contribution in [0.15, 0.2) is 23.5 Å². The van der Waals surface area contributed by atoms with Crippen molar-refractivity contribution in [1.29, 1.82) is 0 Å². The predicted octanol–water partition coefficient (Wildman–Crippen LogP) is 2.14. The molecule has 186 valence electrons. The van der Waals surface area contributed by atoms with E-state index in [-0.39, 0.29) is 41.4 Å². The summed E-state index contributed by atoms with van der Waals surface area (Å²) in [5.41, 5.74) is 0.118. The number of nitrogens with zero attached hydrogens (tertiary/aromatic N) is 5.